The lowest BCUT2D eigenvalue weighted by Crippen LogP contribution is -2.41. The number of rotatable bonds is 4. The lowest BCUT2D eigenvalue weighted by Gasteiger charge is -2.32. The fraction of sp³-hybridized carbons (Fsp3) is 0.632. The Labute approximate surface area is 146 Å². The highest BCUT2D eigenvalue weighted by Crippen LogP contribution is 2.36. The van der Waals surface area contributed by atoms with Crippen LogP contribution in [0.1, 0.15) is 64.4 Å². The molecule has 1 aliphatic heterocycles. The lowest BCUT2D eigenvalue weighted by atomic mass is 9.76. The number of amides is 1. The van der Waals surface area contributed by atoms with E-state index in [1.165, 1.54) is 0 Å². The second-order valence-electron chi connectivity index (χ2n) is 8.17. The molecule has 1 aliphatic rings. The minimum Gasteiger partial charge on any atom is -0.399 e. The molecule has 1 N–H and O–H groups in total. The van der Waals surface area contributed by atoms with Crippen LogP contribution in [-0.4, -0.2) is 30.3 Å². The first-order valence-corrected chi connectivity index (χ1v) is 8.71. The molecule has 1 heterocycles. The Morgan fingerprint density at radius 1 is 1.08 bits per heavy atom. The lowest BCUT2D eigenvalue weighted by molar-refractivity contribution is 0.00578. The maximum atomic E-state index is 12.4. The molecule has 1 saturated heterocycles. The summed E-state index contributed by atoms with van der Waals surface area (Å²) in [4.78, 5) is 12.4. The van der Waals surface area contributed by atoms with Crippen LogP contribution in [-0.2, 0) is 9.31 Å². The third-order valence-electron chi connectivity index (χ3n) is 5.40. The Hall–Kier alpha value is -1.33. The van der Waals surface area contributed by atoms with Crippen molar-refractivity contribution in [2.75, 3.05) is 0 Å². The first kappa shape index (κ1) is 19.0. The zero-order chi connectivity index (χ0) is 18.3. The third kappa shape index (κ3) is 3.67. The van der Waals surface area contributed by atoms with E-state index in [9.17, 15) is 4.79 Å². The molecular weight excluding hydrogens is 301 g/mol. The van der Waals surface area contributed by atoms with Crippen LogP contribution in [0.3, 0.4) is 0 Å². The minimum atomic E-state index is -0.401. The summed E-state index contributed by atoms with van der Waals surface area (Å²) >= 11 is 0. The van der Waals surface area contributed by atoms with Crippen LogP contribution in [0.15, 0.2) is 18.2 Å². The summed E-state index contributed by atoms with van der Waals surface area (Å²) in [5, 5.41) is 3.04. The second kappa shape index (κ2) is 6.53. The highest BCUT2D eigenvalue weighted by molar-refractivity contribution is 6.62. The summed E-state index contributed by atoms with van der Waals surface area (Å²) in [6.45, 7) is 16.4. The molecule has 1 aromatic rings. The summed E-state index contributed by atoms with van der Waals surface area (Å²) in [7, 11) is -0.401. The molecule has 0 bridgehead atoms. The van der Waals surface area contributed by atoms with Crippen molar-refractivity contribution in [3.05, 3.63) is 29.3 Å². The fourth-order valence-corrected chi connectivity index (χ4v) is 2.51. The van der Waals surface area contributed by atoms with Gasteiger partial charge < -0.3 is 14.6 Å². The first-order chi connectivity index (χ1) is 10.9. The maximum absolute atomic E-state index is 12.4. The number of aryl methyl sites for hydroxylation is 1. The molecule has 0 aromatic heterocycles. The van der Waals surface area contributed by atoms with Crippen molar-refractivity contribution in [3.8, 4) is 0 Å². The molecule has 0 radical (unpaired) electrons. The molecule has 1 amide bonds. The van der Waals surface area contributed by atoms with Gasteiger partial charge in [0, 0.05) is 11.6 Å². The van der Waals surface area contributed by atoms with Crippen molar-refractivity contribution in [2.45, 2.75) is 72.6 Å². The zero-order valence-electron chi connectivity index (χ0n) is 16.2. The molecule has 4 nitrogen and oxygen atoms in total. The monoisotopic (exact) mass is 331 g/mol. The van der Waals surface area contributed by atoms with Crippen LogP contribution in [0, 0.1) is 12.8 Å². The van der Waals surface area contributed by atoms with Crippen LogP contribution >= 0.6 is 0 Å². The Morgan fingerprint density at radius 3 is 2.08 bits per heavy atom. The van der Waals surface area contributed by atoms with E-state index in [1.54, 1.807) is 0 Å². The molecule has 1 aromatic carbocycles. The molecule has 2 rings (SSSR count). The van der Waals surface area contributed by atoms with E-state index >= 15 is 0 Å². The van der Waals surface area contributed by atoms with Gasteiger partial charge in [0.2, 0.25) is 0 Å². The predicted octanol–water partition coefficient (Wildman–Crippen LogP) is 3.07. The van der Waals surface area contributed by atoms with Gasteiger partial charge in [0.05, 0.1) is 11.2 Å². The van der Waals surface area contributed by atoms with Crippen LogP contribution in [0.2, 0.25) is 0 Å². The van der Waals surface area contributed by atoms with E-state index in [-0.39, 0.29) is 23.2 Å². The molecule has 24 heavy (non-hydrogen) atoms. The van der Waals surface area contributed by atoms with Crippen molar-refractivity contribution in [3.63, 3.8) is 0 Å². The summed E-state index contributed by atoms with van der Waals surface area (Å²) in [6.07, 6.45) is 0. The molecule has 0 spiro atoms. The quantitative estimate of drug-likeness (QED) is 0.863. The predicted molar refractivity (Wildman–Crippen MR) is 98.7 cm³/mol. The van der Waals surface area contributed by atoms with Gasteiger partial charge in [-0.3, -0.25) is 4.79 Å². The van der Waals surface area contributed by atoms with Crippen molar-refractivity contribution >= 4 is 18.5 Å². The van der Waals surface area contributed by atoms with Crippen molar-refractivity contribution in [2.24, 2.45) is 5.92 Å². The van der Waals surface area contributed by atoms with Gasteiger partial charge in [-0.25, -0.2) is 0 Å². The van der Waals surface area contributed by atoms with E-state index in [0.717, 1.165) is 11.0 Å². The van der Waals surface area contributed by atoms with E-state index in [4.69, 9.17) is 9.31 Å². The maximum Gasteiger partial charge on any atom is 0.495 e. The molecular formula is C19H30BNO3. The second-order valence-corrected chi connectivity index (χ2v) is 8.17. The van der Waals surface area contributed by atoms with Crippen LogP contribution in [0.25, 0.3) is 0 Å². The molecule has 0 aliphatic carbocycles. The van der Waals surface area contributed by atoms with Crippen molar-refractivity contribution in [1.82, 2.24) is 5.32 Å². The molecule has 1 fully saturated rings. The summed E-state index contributed by atoms with van der Waals surface area (Å²) in [6, 6.07) is 5.82. The minimum absolute atomic E-state index is 0.0419. The SMILES string of the molecule is Cc1cc(C(=O)NC(C)C(C)C)ccc1B1OC(C)(C)C(C)(C)O1. The summed E-state index contributed by atoms with van der Waals surface area (Å²) < 4.78 is 12.2. The van der Waals surface area contributed by atoms with Crippen LogP contribution in [0.5, 0.6) is 0 Å². The van der Waals surface area contributed by atoms with Gasteiger partial charge in [-0.05, 0) is 65.1 Å². The Bertz CT molecular complexity index is 609. The number of carbonyl (C=O) groups is 1. The number of hydrogen-bond donors (Lipinski definition) is 1. The molecule has 5 heteroatoms. The van der Waals surface area contributed by atoms with E-state index in [0.29, 0.717) is 11.5 Å². The number of hydrogen-bond acceptors (Lipinski definition) is 3. The average Bonchev–Trinajstić information content (AvgIpc) is 2.66. The van der Waals surface area contributed by atoms with E-state index in [1.807, 2.05) is 59.7 Å². The molecule has 132 valence electrons. The zero-order valence-corrected chi connectivity index (χ0v) is 16.2. The summed E-state index contributed by atoms with van der Waals surface area (Å²) in [5.41, 5.74) is 1.90. The van der Waals surface area contributed by atoms with Crippen LogP contribution in [0.4, 0.5) is 0 Å². The van der Waals surface area contributed by atoms with Crippen LogP contribution < -0.4 is 10.8 Å². The average molecular weight is 331 g/mol. The van der Waals surface area contributed by atoms with Crippen molar-refractivity contribution < 1.29 is 14.1 Å². The van der Waals surface area contributed by atoms with Gasteiger partial charge >= 0.3 is 7.12 Å². The van der Waals surface area contributed by atoms with Gasteiger partial charge in [0.15, 0.2) is 0 Å². The number of nitrogens with one attached hydrogen (secondary N) is 1. The third-order valence-corrected chi connectivity index (χ3v) is 5.40. The van der Waals surface area contributed by atoms with E-state index in [2.05, 4.69) is 19.2 Å². The van der Waals surface area contributed by atoms with Gasteiger partial charge in [0.25, 0.3) is 5.91 Å². The fourth-order valence-electron chi connectivity index (χ4n) is 2.51. The van der Waals surface area contributed by atoms with E-state index < -0.39 is 7.12 Å². The Kier molecular flexibility index (Phi) is 5.17. The summed E-state index contributed by atoms with van der Waals surface area (Å²) in [5.74, 6) is 0.360. The smallest absolute Gasteiger partial charge is 0.399 e. The normalized spacial score (nSPS) is 20.3. The van der Waals surface area contributed by atoms with Gasteiger partial charge in [-0.15, -0.1) is 0 Å². The number of carbonyl (C=O) groups excluding carboxylic acids is 1. The number of benzene rings is 1. The molecule has 0 saturated carbocycles. The van der Waals surface area contributed by atoms with Gasteiger partial charge in [-0.2, -0.15) is 0 Å². The first-order valence-electron chi connectivity index (χ1n) is 8.71. The highest BCUT2D eigenvalue weighted by atomic mass is 16.7. The molecule has 1 atom stereocenters. The molecule has 1 unspecified atom stereocenters. The standard InChI is InChI=1S/C19H30BNO3/c1-12(2)14(4)21-17(22)15-9-10-16(13(3)11-15)20-23-18(5,6)19(7,8)24-20/h9-12,14H,1-8H3,(H,21,22). The van der Waals surface area contributed by atoms with Gasteiger partial charge in [0.1, 0.15) is 0 Å². The Morgan fingerprint density at radius 2 is 1.62 bits per heavy atom. The van der Waals surface area contributed by atoms with Gasteiger partial charge in [-0.1, -0.05) is 25.5 Å². The Balaban J connectivity index is 2.18. The largest absolute Gasteiger partial charge is 0.495 e. The van der Waals surface area contributed by atoms with Crippen molar-refractivity contribution in [1.29, 1.82) is 0 Å². The topological polar surface area (TPSA) is 47.6 Å². The highest BCUT2D eigenvalue weighted by Gasteiger charge is 2.52.